The van der Waals surface area contributed by atoms with Crippen LogP contribution in [-0.4, -0.2) is 15.3 Å². The molecular weight excluding hydrogens is 323 g/mol. The molecule has 0 fully saturated rings. The summed E-state index contributed by atoms with van der Waals surface area (Å²) in [7, 11) is 0. The van der Waals surface area contributed by atoms with Crippen molar-refractivity contribution < 1.29 is 4.79 Å². The van der Waals surface area contributed by atoms with Gasteiger partial charge in [0, 0.05) is 10.6 Å². The quantitative estimate of drug-likeness (QED) is 0.689. The van der Waals surface area contributed by atoms with Gasteiger partial charge in [-0.25, -0.2) is 4.98 Å². The molecule has 22 heavy (non-hydrogen) atoms. The summed E-state index contributed by atoms with van der Waals surface area (Å²) >= 11 is 11.9. The molecule has 6 heteroatoms. The fourth-order valence-corrected chi connectivity index (χ4v) is 2.72. The molecule has 1 aromatic heterocycles. The molecule has 0 aliphatic carbocycles. The normalized spacial score (nSPS) is 10.8. The number of ketones is 1. The Labute approximate surface area is 135 Å². The fraction of sp³-hybridized carbons (Fsp3) is 0.0625. The monoisotopic (exact) mass is 332 g/mol. The van der Waals surface area contributed by atoms with E-state index in [-0.39, 0.29) is 17.9 Å². The molecule has 0 atom stereocenters. The molecule has 1 heterocycles. The van der Waals surface area contributed by atoms with Crippen LogP contribution in [0.5, 0.6) is 0 Å². The topological polar surface area (TPSA) is 52.0 Å². The number of aromatic nitrogens is 2. The summed E-state index contributed by atoms with van der Waals surface area (Å²) in [5.41, 5.74) is 0.566. The van der Waals surface area contributed by atoms with Gasteiger partial charge in [0.15, 0.2) is 5.78 Å². The van der Waals surface area contributed by atoms with E-state index >= 15 is 0 Å². The smallest absolute Gasteiger partial charge is 0.261 e. The van der Waals surface area contributed by atoms with Gasteiger partial charge in [-0.2, -0.15) is 0 Å². The average molecular weight is 333 g/mol. The van der Waals surface area contributed by atoms with E-state index in [1.54, 1.807) is 24.3 Å². The third-order valence-electron chi connectivity index (χ3n) is 3.26. The van der Waals surface area contributed by atoms with Gasteiger partial charge in [-0.05, 0) is 12.1 Å². The lowest BCUT2D eigenvalue weighted by Gasteiger charge is -2.07. The highest BCUT2D eigenvalue weighted by atomic mass is 35.5. The van der Waals surface area contributed by atoms with Crippen molar-refractivity contribution >= 4 is 39.9 Å². The fourth-order valence-electron chi connectivity index (χ4n) is 2.18. The Kier molecular flexibility index (Phi) is 3.96. The summed E-state index contributed by atoms with van der Waals surface area (Å²) in [4.78, 5) is 28.8. The van der Waals surface area contributed by atoms with E-state index in [4.69, 9.17) is 23.2 Å². The van der Waals surface area contributed by atoms with Crippen molar-refractivity contribution in [2.24, 2.45) is 0 Å². The van der Waals surface area contributed by atoms with Gasteiger partial charge in [0.1, 0.15) is 0 Å². The van der Waals surface area contributed by atoms with Crippen LogP contribution < -0.4 is 5.56 Å². The highest BCUT2D eigenvalue weighted by Crippen LogP contribution is 2.23. The SMILES string of the molecule is O=C(Cn1cnc2c(Cl)cc(Cl)cc2c1=O)c1ccccc1. The van der Waals surface area contributed by atoms with Crippen LogP contribution in [0.1, 0.15) is 10.4 Å². The molecule has 0 saturated heterocycles. The minimum Gasteiger partial charge on any atom is -0.292 e. The number of nitrogens with zero attached hydrogens (tertiary/aromatic N) is 2. The van der Waals surface area contributed by atoms with E-state index in [1.807, 2.05) is 6.07 Å². The molecule has 3 rings (SSSR count). The van der Waals surface area contributed by atoms with Gasteiger partial charge in [-0.1, -0.05) is 53.5 Å². The minimum absolute atomic E-state index is 0.0874. The second kappa shape index (κ2) is 5.91. The maximum Gasteiger partial charge on any atom is 0.261 e. The van der Waals surface area contributed by atoms with Crippen molar-refractivity contribution in [3.63, 3.8) is 0 Å². The van der Waals surface area contributed by atoms with Crippen molar-refractivity contribution in [1.82, 2.24) is 9.55 Å². The van der Waals surface area contributed by atoms with Crippen molar-refractivity contribution in [2.75, 3.05) is 0 Å². The summed E-state index contributed by atoms with van der Waals surface area (Å²) < 4.78 is 1.25. The van der Waals surface area contributed by atoms with Crippen molar-refractivity contribution in [3.05, 3.63) is 74.8 Å². The molecule has 0 bridgehead atoms. The molecule has 3 aromatic rings. The number of rotatable bonds is 3. The van der Waals surface area contributed by atoms with Crippen LogP contribution in [0.2, 0.25) is 10.0 Å². The predicted molar refractivity (Wildman–Crippen MR) is 86.8 cm³/mol. The standard InChI is InChI=1S/C16H10Cl2N2O2/c17-11-6-12-15(13(18)7-11)19-9-20(16(12)22)8-14(21)10-4-2-1-3-5-10/h1-7,9H,8H2. The Hall–Kier alpha value is -2.17. The van der Waals surface area contributed by atoms with E-state index < -0.39 is 0 Å². The molecule has 2 aromatic carbocycles. The lowest BCUT2D eigenvalue weighted by molar-refractivity contribution is 0.0970. The number of hydrogen-bond acceptors (Lipinski definition) is 3. The Bertz CT molecular complexity index is 921. The Morgan fingerprint density at radius 1 is 1.14 bits per heavy atom. The number of carbonyl (C=O) groups is 1. The van der Waals surface area contributed by atoms with E-state index in [0.717, 1.165) is 0 Å². The van der Waals surface area contributed by atoms with Crippen LogP contribution in [0.3, 0.4) is 0 Å². The van der Waals surface area contributed by atoms with Crippen LogP contribution in [0.25, 0.3) is 10.9 Å². The summed E-state index contributed by atoms with van der Waals surface area (Å²) in [5, 5.41) is 0.950. The predicted octanol–water partition coefficient (Wildman–Crippen LogP) is 3.59. The van der Waals surface area contributed by atoms with Crippen LogP contribution >= 0.6 is 23.2 Å². The molecule has 4 nitrogen and oxygen atoms in total. The Morgan fingerprint density at radius 2 is 1.86 bits per heavy atom. The lowest BCUT2D eigenvalue weighted by Crippen LogP contribution is -2.24. The van der Waals surface area contributed by atoms with Crippen LogP contribution in [0, 0.1) is 0 Å². The van der Waals surface area contributed by atoms with E-state index in [1.165, 1.54) is 23.0 Å². The lowest BCUT2D eigenvalue weighted by atomic mass is 10.1. The number of benzene rings is 2. The minimum atomic E-state index is -0.348. The Balaban J connectivity index is 2.04. The number of fused-ring (bicyclic) bond motifs is 1. The third kappa shape index (κ3) is 2.75. The third-order valence-corrected chi connectivity index (χ3v) is 3.76. The van der Waals surface area contributed by atoms with E-state index in [2.05, 4.69) is 4.98 Å². The van der Waals surface area contributed by atoms with E-state index in [0.29, 0.717) is 26.5 Å². The van der Waals surface area contributed by atoms with E-state index in [9.17, 15) is 9.59 Å². The van der Waals surface area contributed by atoms with Crippen molar-refractivity contribution in [1.29, 1.82) is 0 Å². The Morgan fingerprint density at radius 3 is 2.59 bits per heavy atom. The molecule has 0 spiro atoms. The molecule has 0 radical (unpaired) electrons. The van der Waals surface area contributed by atoms with Gasteiger partial charge >= 0.3 is 0 Å². The molecule has 0 aliphatic rings. The first-order chi connectivity index (χ1) is 10.6. The zero-order valence-corrected chi connectivity index (χ0v) is 12.8. The van der Waals surface area contributed by atoms with Gasteiger partial charge in [0.25, 0.3) is 5.56 Å². The molecule has 0 aliphatic heterocycles. The highest BCUT2D eigenvalue weighted by Gasteiger charge is 2.12. The molecule has 0 saturated carbocycles. The van der Waals surface area contributed by atoms with Crippen LogP contribution in [-0.2, 0) is 6.54 Å². The van der Waals surface area contributed by atoms with Gasteiger partial charge in [-0.15, -0.1) is 0 Å². The van der Waals surface area contributed by atoms with Crippen LogP contribution in [0.15, 0.2) is 53.6 Å². The van der Waals surface area contributed by atoms with Gasteiger partial charge in [-0.3, -0.25) is 14.2 Å². The number of halogens is 2. The summed E-state index contributed by atoms with van der Waals surface area (Å²) in [5.74, 6) is -0.169. The van der Waals surface area contributed by atoms with Gasteiger partial charge in [0.2, 0.25) is 0 Å². The number of carbonyl (C=O) groups excluding carboxylic acids is 1. The summed E-state index contributed by atoms with van der Waals surface area (Å²) in [6.07, 6.45) is 1.32. The first-order valence-electron chi connectivity index (χ1n) is 6.48. The maximum absolute atomic E-state index is 12.5. The molecule has 0 N–H and O–H groups in total. The average Bonchev–Trinajstić information content (AvgIpc) is 2.51. The maximum atomic E-state index is 12.5. The van der Waals surface area contributed by atoms with Gasteiger partial charge in [0.05, 0.1) is 28.8 Å². The first kappa shape index (κ1) is 14.8. The van der Waals surface area contributed by atoms with Gasteiger partial charge < -0.3 is 0 Å². The summed E-state index contributed by atoms with van der Waals surface area (Å²) in [6, 6.07) is 11.8. The second-order valence-corrected chi connectivity index (χ2v) is 5.59. The first-order valence-corrected chi connectivity index (χ1v) is 7.24. The summed E-state index contributed by atoms with van der Waals surface area (Å²) in [6.45, 7) is -0.0874. The highest BCUT2D eigenvalue weighted by molar-refractivity contribution is 6.38. The van der Waals surface area contributed by atoms with Crippen LogP contribution in [0.4, 0.5) is 0 Å². The molecule has 0 amide bonds. The molecular formula is C16H10Cl2N2O2. The second-order valence-electron chi connectivity index (χ2n) is 4.75. The van der Waals surface area contributed by atoms with Crippen molar-refractivity contribution in [3.8, 4) is 0 Å². The van der Waals surface area contributed by atoms with Crippen molar-refractivity contribution in [2.45, 2.75) is 6.54 Å². The zero-order chi connectivity index (χ0) is 15.7. The molecule has 110 valence electrons. The zero-order valence-electron chi connectivity index (χ0n) is 11.3. The number of hydrogen-bond donors (Lipinski definition) is 0. The largest absolute Gasteiger partial charge is 0.292 e. The molecule has 0 unspecified atom stereocenters. The number of Topliss-reactive ketones (excluding diaryl/α,β-unsaturated/α-hetero) is 1.